The second-order valence-electron chi connectivity index (χ2n) is 4.67. The Balaban J connectivity index is 1.75. The molecule has 2 heterocycles. The van der Waals surface area contributed by atoms with Crippen LogP contribution in [0.2, 0.25) is 0 Å². The lowest BCUT2D eigenvalue weighted by Crippen LogP contribution is -2.39. The van der Waals surface area contributed by atoms with Crippen molar-refractivity contribution < 1.29 is 4.42 Å². The lowest BCUT2D eigenvalue weighted by molar-refractivity contribution is 0.235. The first-order chi connectivity index (χ1) is 7.84. The van der Waals surface area contributed by atoms with Gasteiger partial charge in [-0.1, -0.05) is 0 Å². The zero-order valence-electron chi connectivity index (χ0n) is 10.1. The van der Waals surface area contributed by atoms with E-state index in [0.717, 1.165) is 25.3 Å². The standard InChI is InChI=1S/C13H22N2O/c1-12-5-9-15(8-3-7-14-12)10-6-13-4-2-11-16-13/h2,4,11-12,14H,3,5-10H2,1H3. The summed E-state index contributed by atoms with van der Waals surface area (Å²) in [7, 11) is 0. The third kappa shape index (κ3) is 3.65. The average Bonchev–Trinajstić information content (AvgIpc) is 2.76. The van der Waals surface area contributed by atoms with Crippen LogP contribution in [0, 0.1) is 0 Å². The smallest absolute Gasteiger partial charge is 0.105 e. The van der Waals surface area contributed by atoms with Crippen LogP contribution in [0.5, 0.6) is 0 Å². The van der Waals surface area contributed by atoms with Crippen molar-refractivity contribution in [2.24, 2.45) is 0 Å². The Morgan fingerprint density at radius 3 is 3.25 bits per heavy atom. The van der Waals surface area contributed by atoms with E-state index >= 15 is 0 Å². The highest BCUT2D eigenvalue weighted by Crippen LogP contribution is 2.06. The summed E-state index contributed by atoms with van der Waals surface area (Å²) in [5, 5.41) is 3.53. The van der Waals surface area contributed by atoms with Crippen LogP contribution in [-0.2, 0) is 6.42 Å². The zero-order chi connectivity index (χ0) is 11.2. The number of hydrogen-bond donors (Lipinski definition) is 1. The lowest BCUT2D eigenvalue weighted by atomic mass is 10.1. The maximum atomic E-state index is 5.36. The Labute approximate surface area is 97.8 Å². The van der Waals surface area contributed by atoms with Crippen LogP contribution in [0.1, 0.15) is 25.5 Å². The molecular weight excluding hydrogens is 200 g/mol. The topological polar surface area (TPSA) is 28.4 Å². The molecule has 0 aromatic carbocycles. The van der Waals surface area contributed by atoms with Gasteiger partial charge in [0.1, 0.15) is 5.76 Å². The van der Waals surface area contributed by atoms with Gasteiger partial charge in [-0.05, 0) is 51.5 Å². The largest absolute Gasteiger partial charge is 0.469 e. The Kier molecular flexibility index (Phi) is 4.43. The van der Waals surface area contributed by atoms with Crippen molar-refractivity contribution in [2.75, 3.05) is 26.2 Å². The quantitative estimate of drug-likeness (QED) is 0.846. The minimum Gasteiger partial charge on any atom is -0.469 e. The summed E-state index contributed by atoms with van der Waals surface area (Å²) in [6.45, 7) is 6.96. The van der Waals surface area contributed by atoms with Gasteiger partial charge < -0.3 is 14.6 Å². The van der Waals surface area contributed by atoms with Gasteiger partial charge in [-0.2, -0.15) is 0 Å². The molecule has 1 atom stereocenters. The molecule has 1 aliphatic heterocycles. The number of furan rings is 1. The minimum atomic E-state index is 0.659. The zero-order valence-corrected chi connectivity index (χ0v) is 10.1. The van der Waals surface area contributed by atoms with Gasteiger partial charge in [0, 0.05) is 19.0 Å². The van der Waals surface area contributed by atoms with Gasteiger partial charge in [0.2, 0.25) is 0 Å². The Bertz CT molecular complexity index is 284. The highest BCUT2D eigenvalue weighted by Gasteiger charge is 2.11. The molecule has 1 aliphatic rings. The van der Waals surface area contributed by atoms with E-state index in [9.17, 15) is 0 Å². The predicted octanol–water partition coefficient (Wildman–Crippen LogP) is 1.90. The first kappa shape index (κ1) is 11.7. The molecule has 1 saturated heterocycles. The highest BCUT2D eigenvalue weighted by atomic mass is 16.3. The molecule has 0 spiro atoms. The van der Waals surface area contributed by atoms with Crippen molar-refractivity contribution in [1.82, 2.24) is 10.2 Å². The minimum absolute atomic E-state index is 0.659. The van der Waals surface area contributed by atoms with Crippen molar-refractivity contribution >= 4 is 0 Å². The molecule has 1 aromatic rings. The monoisotopic (exact) mass is 222 g/mol. The molecular formula is C13H22N2O. The van der Waals surface area contributed by atoms with Gasteiger partial charge in [-0.25, -0.2) is 0 Å². The van der Waals surface area contributed by atoms with Crippen molar-refractivity contribution in [3.8, 4) is 0 Å². The second-order valence-corrected chi connectivity index (χ2v) is 4.67. The van der Waals surface area contributed by atoms with Crippen LogP contribution in [0.3, 0.4) is 0 Å². The molecule has 0 aliphatic carbocycles. The molecule has 90 valence electrons. The normalized spacial score (nSPS) is 23.9. The second kappa shape index (κ2) is 6.06. The van der Waals surface area contributed by atoms with Gasteiger partial charge in [0.15, 0.2) is 0 Å². The van der Waals surface area contributed by atoms with E-state index in [-0.39, 0.29) is 0 Å². The van der Waals surface area contributed by atoms with Crippen LogP contribution < -0.4 is 5.32 Å². The third-order valence-electron chi connectivity index (χ3n) is 3.28. The number of nitrogens with zero attached hydrogens (tertiary/aromatic N) is 1. The fourth-order valence-corrected chi connectivity index (χ4v) is 2.19. The molecule has 0 radical (unpaired) electrons. The van der Waals surface area contributed by atoms with Crippen molar-refractivity contribution in [1.29, 1.82) is 0 Å². The third-order valence-corrected chi connectivity index (χ3v) is 3.28. The van der Waals surface area contributed by atoms with E-state index in [1.165, 1.54) is 25.9 Å². The van der Waals surface area contributed by atoms with E-state index in [0.29, 0.717) is 6.04 Å². The van der Waals surface area contributed by atoms with E-state index in [1.807, 2.05) is 6.07 Å². The average molecular weight is 222 g/mol. The van der Waals surface area contributed by atoms with E-state index in [4.69, 9.17) is 4.42 Å². The number of nitrogens with one attached hydrogen (secondary N) is 1. The molecule has 0 saturated carbocycles. The van der Waals surface area contributed by atoms with Crippen LogP contribution in [-0.4, -0.2) is 37.1 Å². The maximum absolute atomic E-state index is 5.36. The van der Waals surface area contributed by atoms with Gasteiger partial charge in [-0.3, -0.25) is 0 Å². The van der Waals surface area contributed by atoms with Gasteiger partial charge in [0.25, 0.3) is 0 Å². The Morgan fingerprint density at radius 1 is 1.50 bits per heavy atom. The molecule has 1 N–H and O–H groups in total. The Hall–Kier alpha value is -0.800. The Morgan fingerprint density at radius 2 is 2.44 bits per heavy atom. The SMILES string of the molecule is CC1CCN(CCc2ccco2)CCCN1. The predicted molar refractivity (Wildman–Crippen MR) is 65.6 cm³/mol. The van der Waals surface area contributed by atoms with Crippen LogP contribution in [0.15, 0.2) is 22.8 Å². The summed E-state index contributed by atoms with van der Waals surface area (Å²) in [5.74, 6) is 1.10. The summed E-state index contributed by atoms with van der Waals surface area (Å²) < 4.78 is 5.36. The molecule has 3 nitrogen and oxygen atoms in total. The number of rotatable bonds is 3. The van der Waals surface area contributed by atoms with Crippen LogP contribution in [0.25, 0.3) is 0 Å². The molecule has 1 unspecified atom stereocenters. The van der Waals surface area contributed by atoms with E-state index < -0.39 is 0 Å². The van der Waals surface area contributed by atoms with Crippen molar-refractivity contribution in [3.05, 3.63) is 24.2 Å². The molecule has 3 heteroatoms. The molecule has 2 rings (SSSR count). The van der Waals surface area contributed by atoms with Gasteiger partial charge in [0.05, 0.1) is 6.26 Å². The molecule has 16 heavy (non-hydrogen) atoms. The summed E-state index contributed by atoms with van der Waals surface area (Å²) in [4.78, 5) is 2.56. The van der Waals surface area contributed by atoms with Crippen LogP contribution in [0.4, 0.5) is 0 Å². The molecule has 0 bridgehead atoms. The fraction of sp³-hybridized carbons (Fsp3) is 0.692. The summed E-state index contributed by atoms with van der Waals surface area (Å²) in [5.41, 5.74) is 0. The molecule has 1 aromatic heterocycles. The van der Waals surface area contributed by atoms with Crippen molar-refractivity contribution in [3.63, 3.8) is 0 Å². The first-order valence-corrected chi connectivity index (χ1v) is 6.33. The van der Waals surface area contributed by atoms with Crippen LogP contribution >= 0.6 is 0 Å². The fourth-order valence-electron chi connectivity index (χ4n) is 2.19. The van der Waals surface area contributed by atoms with E-state index in [1.54, 1.807) is 6.26 Å². The number of hydrogen-bond acceptors (Lipinski definition) is 3. The van der Waals surface area contributed by atoms with Gasteiger partial charge in [-0.15, -0.1) is 0 Å². The molecule has 1 fully saturated rings. The first-order valence-electron chi connectivity index (χ1n) is 6.33. The molecule has 0 amide bonds. The maximum Gasteiger partial charge on any atom is 0.105 e. The van der Waals surface area contributed by atoms with Gasteiger partial charge >= 0.3 is 0 Å². The summed E-state index contributed by atoms with van der Waals surface area (Å²) in [6.07, 6.45) is 5.30. The summed E-state index contributed by atoms with van der Waals surface area (Å²) in [6, 6.07) is 4.69. The summed E-state index contributed by atoms with van der Waals surface area (Å²) >= 11 is 0. The van der Waals surface area contributed by atoms with E-state index in [2.05, 4.69) is 23.2 Å². The lowest BCUT2D eigenvalue weighted by Gasteiger charge is -2.27. The van der Waals surface area contributed by atoms with Crippen molar-refractivity contribution in [2.45, 2.75) is 32.2 Å². The highest BCUT2D eigenvalue weighted by molar-refractivity contribution is 4.98.